The second-order valence-corrected chi connectivity index (χ2v) is 6.98. The summed E-state index contributed by atoms with van der Waals surface area (Å²) in [5.41, 5.74) is 2.24. The summed E-state index contributed by atoms with van der Waals surface area (Å²) in [6.45, 7) is 2.54. The Hall–Kier alpha value is -0.910. The lowest BCUT2D eigenvalue weighted by Gasteiger charge is -2.56. The Labute approximate surface area is 104 Å². The molecule has 0 nitrogen and oxygen atoms in total. The molecule has 4 aliphatic carbocycles. The monoisotopic (exact) mass is 225 g/mol. The lowest BCUT2D eigenvalue weighted by molar-refractivity contribution is -0.0179. The third kappa shape index (κ3) is 1.46. The van der Waals surface area contributed by atoms with E-state index in [1.54, 1.807) is 5.56 Å². The molecule has 4 saturated carbocycles. The molecule has 1 aromatic carbocycles. The molecule has 0 heterocycles. The van der Waals surface area contributed by atoms with Crippen molar-refractivity contribution in [2.24, 2.45) is 23.2 Å². The van der Waals surface area contributed by atoms with Crippen LogP contribution in [0.5, 0.6) is 0 Å². The molecule has 2 unspecified atom stereocenters. The molecule has 1 aromatic rings. The standard InChI is InChI=1S/C17H21/c1-17-9-12-7-14(10-17)16(15(8-12)11-17)13-5-3-2-4-6-13/h2-6,12,14-15H,7-11H2,1H3/q+1. The average molecular weight is 225 g/mol. The van der Waals surface area contributed by atoms with Crippen LogP contribution >= 0.6 is 0 Å². The quantitative estimate of drug-likeness (QED) is 0.619. The second-order valence-electron chi connectivity index (χ2n) is 6.98. The summed E-state index contributed by atoms with van der Waals surface area (Å²) >= 11 is 0. The van der Waals surface area contributed by atoms with Crippen molar-refractivity contribution >= 4 is 0 Å². The van der Waals surface area contributed by atoms with Crippen molar-refractivity contribution in [2.45, 2.75) is 39.0 Å². The Bertz CT molecular complexity index is 403. The third-order valence-electron chi connectivity index (χ3n) is 5.48. The highest BCUT2D eigenvalue weighted by atomic mass is 14.6. The molecule has 88 valence electrons. The van der Waals surface area contributed by atoms with Gasteiger partial charge in [-0.2, -0.15) is 0 Å². The van der Waals surface area contributed by atoms with Gasteiger partial charge in [-0.25, -0.2) is 0 Å². The molecule has 0 N–H and O–H groups in total. The molecule has 0 aliphatic heterocycles. The van der Waals surface area contributed by atoms with Crippen molar-refractivity contribution in [3.05, 3.63) is 41.8 Å². The minimum atomic E-state index is 0.689. The molecule has 0 amide bonds. The van der Waals surface area contributed by atoms with E-state index in [1.807, 2.05) is 5.92 Å². The Morgan fingerprint density at radius 2 is 1.65 bits per heavy atom. The first-order valence-corrected chi connectivity index (χ1v) is 7.16. The van der Waals surface area contributed by atoms with E-state index in [2.05, 4.69) is 37.3 Å². The van der Waals surface area contributed by atoms with E-state index in [9.17, 15) is 0 Å². The smallest absolute Gasteiger partial charge is 0.0595 e. The van der Waals surface area contributed by atoms with Gasteiger partial charge in [0.2, 0.25) is 0 Å². The first kappa shape index (κ1) is 10.1. The Balaban J connectivity index is 1.71. The summed E-state index contributed by atoms with van der Waals surface area (Å²) < 4.78 is 0. The van der Waals surface area contributed by atoms with Crippen molar-refractivity contribution < 1.29 is 0 Å². The van der Waals surface area contributed by atoms with Crippen LogP contribution in [-0.2, 0) is 0 Å². The molecule has 5 rings (SSSR count). The zero-order chi connectivity index (χ0) is 11.5. The van der Waals surface area contributed by atoms with E-state index in [0.717, 1.165) is 17.8 Å². The van der Waals surface area contributed by atoms with Gasteiger partial charge in [0.05, 0.1) is 0 Å². The molecule has 4 bridgehead atoms. The van der Waals surface area contributed by atoms with Gasteiger partial charge in [-0.15, -0.1) is 0 Å². The summed E-state index contributed by atoms with van der Waals surface area (Å²) in [5, 5.41) is 0. The molecule has 0 saturated heterocycles. The highest BCUT2D eigenvalue weighted by Gasteiger charge is 2.56. The fourth-order valence-corrected chi connectivity index (χ4v) is 5.28. The van der Waals surface area contributed by atoms with Gasteiger partial charge in [0.15, 0.2) is 0 Å². The van der Waals surface area contributed by atoms with Crippen LogP contribution in [-0.4, -0.2) is 0 Å². The maximum Gasteiger partial charge on any atom is 0.133 e. The number of benzene rings is 1. The zero-order valence-corrected chi connectivity index (χ0v) is 10.7. The molecule has 4 aliphatic rings. The van der Waals surface area contributed by atoms with Crippen LogP contribution in [0, 0.1) is 29.1 Å². The Morgan fingerprint density at radius 3 is 2.24 bits per heavy atom. The maximum atomic E-state index is 2.54. The molecule has 0 heteroatoms. The lowest BCUT2D eigenvalue weighted by atomic mass is 9.46. The van der Waals surface area contributed by atoms with Crippen LogP contribution in [0.3, 0.4) is 0 Å². The molecular weight excluding hydrogens is 204 g/mol. The second kappa shape index (κ2) is 3.31. The molecule has 0 aromatic heterocycles. The molecule has 2 atom stereocenters. The highest BCUT2D eigenvalue weighted by molar-refractivity contribution is 5.37. The molecule has 0 spiro atoms. The fraction of sp³-hybridized carbons (Fsp3) is 0.588. The van der Waals surface area contributed by atoms with Gasteiger partial charge in [-0.05, 0) is 61.6 Å². The van der Waals surface area contributed by atoms with Gasteiger partial charge in [0.25, 0.3) is 0 Å². The molecule has 17 heavy (non-hydrogen) atoms. The van der Waals surface area contributed by atoms with E-state index in [1.165, 1.54) is 32.1 Å². The van der Waals surface area contributed by atoms with Gasteiger partial charge in [0, 0.05) is 29.9 Å². The van der Waals surface area contributed by atoms with Crippen LogP contribution in [0.25, 0.3) is 0 Å². The van der Waals surface area contributed by atoms with Gasteiger partial charge >= 0.3 is 0 Å². The van der Waals surface area contributed by atoms with Crippen LogP contribution in [0.1, 0.15) is 44.6 Å². The van der Waals surface area contributed by atoms with Crippen LogP contribution in [0.2, 0.25) is 0 Å². The maximum absolute atomic E-state index is 2.54. The molecular formula is C17H21+. The van der Waals surface area contributed by atoms with Crippen molar-refractivity contribution in [3.63, 3.8) is 0 Å². The van der Waals surface area contributed by atoms with Gasteiger partial charge in [-0.1, -0.05) is 6.92 Å². The summed E-state index contributed by atoms with van der Waals surface area (Å²) in [6.07, 6.45) is 7.41. The van der Waals surface area contributed by atoms with Crippen LogP contribution in [0.4, 0.5) is 0 Å². The summed E-state index contributed by atoms with van der Waals surface area (Å²) in [4.78, 5) is 0. The van der Waals surface area contributed by atoms with E-state index >= 15 is 0 Å². The van der Waals surface area contributed by atoms with Crippen LogP contribution < -0.4 is 0 Å². The van der Waals surface area contributed by atoms with Crippen LogP contribution in [0.15, 0.2) is 30.3 Å². The number of hydrogen-bond donors (Lipinski definition) is 0. The van der Waals surface area contributed by atoms with E-state index < -0.39 is 0 Å². The first-order chi connectivity index (χ1) is 8.23. The fourth-order valence-electron chi connectivity index (χ4n) is 5.28. The predicted molar refractivity (Wildman–Crippen MR) is 70.4 cm³/mol. The largest absolute Gasteiger partial charge is 0.133 e. The zero-order valence-electron chi connectivity index (χ0n) is 10.7. The first-order valence-electron chi connectivity index (χ1n) is 7.16. The molecule has 4 fully saturated rings. The van der Waals surface area contributed by atoms with Crippen molar-refractivity contribution in [3.8, 4) is 0 Å². The number of rotatable bonds is 1. The SMILES string of the molecule is CC12CC3CC(C1)[C+](c1ccccc1)C(C3)C2. The summed E-state index contributed by atoms with van der Waals surface area (Å²) in [6, 6.07) is 11.2. The normalized spacial score (nSPS) is 43.1. The third-order valence-corrected chi connectivity index (χ3v) is 5.48. The highest BCUT2D eigenvalue weighted by Crippen LogP contribution is 2.64. The van der Waals surface area contributed by atoms with E-state index in [4.69, 9.17) is 0 Å². The van der Waals surface area contributed by atoms with Crippen molar-refractivity contribution in [1.29, 1.82) is 0 Å². The van der Waals surface area contributed by atoms with Gasteiger partial charge < -0.3 is 0 Å². The minimum Gasteiger partial charge on any atom is -0.0595 e. The summed E-state index contributed by atoms with van der Waals surface area (Å²) in [7, 11) is 0. The topological polar surface area (TPSA) is 0 Å². The predicted octanol–water partition coefficient (Wildman–Crippen LogP) is 4.46. The Kier molecular flexibility index (Phi) is 1.96. The molecule has 0 radical (unpaired) electrons. The van der Waals surface area contributed by atoms with Gasteiger partial charge in [-0.3, -0.25) is 0 Å². The Morgan fingerprint density at radius 1 is 1.00 bits per heavy atom. The number of hydrogen-bond acceptors (Lipinski definition) is 0. The minimum absolute atomic E-state index is 0.689. The van der Waals surface area contributed by atoms with E-state index in [-0.39, 0.29) is 0 Å². The van der Waals surface area contributed by atoms with Crippen molar-refractivity contribution in [2.75, 3.05) is 0 Å². The van der Waals surface area contributed by atoms with E-state index in [0.29, 0.717) is 5.41 Å². The lowest BCUT2D eigenvalue weighted by Crippen LogP contribution is -2.49. The summed E-state index contributed by atoms with van der Waals surface area (Å²) in [5.74, 6) is 4.69. The van der Waals surface area contributed by atoms with Gasteiger partial charge in [0.1, 0.15) is 5.56 Å². The van der Waals surface area contributed by atoms with Crippen molar-refractivity contribution in [1.82, 2.24) is 0 Å². The average Bonchev–Trinajstić information content (AvgIpc) is 2.27.